The summed E-state index contributed by atoms with van der Waals surface area (Å²) >= 11 is 5.74. The Hall–Kier alpha value is -1.14. The molecule has 1 rings (SSSR count). The van der Waals surface area contributed by atoms with E-state index in [4.69, 9.17) is 21.1 Å². The molecule has 1 aromatic carbocycles. The molecule has 0 aliphatic rings. The predicted molar refractivity (Wildman–Crippen MR) is 69.3 cm³/mol. The van der Waals surface area contributed by atoms with Gasteiger partial charge < -0.3 is 9.47 Å². The van der Waals surface area contributed by atoms with Crippen LogP contribution in [0.5, 0.6) is 11.5 Å². The second-order valence-electron chi connectivity index (χ2n) is 3.89. The van der Waals surface area contributed by atoms with Gasteiger partial charge in [-0.15, -0.1) is 24.8 Å². The van der Waals surface area contributed by atoms with Crippen molar-refractivity contribution in [2.45, 2.75) is 25.6 Å². The average molecular weight is 313 g/mol. The number of hydrogen-bond acceptors (Lipinski definition) is 3. The van der Waals surface area contributed by atoms with E-state index >= 15 is 0 Å². The monoisotopic (exact) mass is 312 g/mol. The molecule has 0 atom stereocenters. The number of ether oxygens (including phenoxy) is 3. The van der Waals surface area contributed by atoms with E-state index in [2.05, 4.69) is 4.74 Å². The van der Waals surface area contributed by atoms with Crippen LogP contribution in [0.4, 0.5) is 13.2 Å². The van der Waals surface area contributed by atoms with Gasteiger partial charge in [-0.2, -0.15) is 0 Å². The lowest BCUT2D eigenvalue weighted by atomic mass is 10.2. The summed E-state index contributed by atoms with van der Waals surface area (Å²) in [7, 11) is 0. The predicted octanol–water partition coefficient (Wildman–Crippen LogP) is 4.13. The molecule has 0 saturated heterocycles. The zero-order valence-corrected chi connectivity index (χ0v) is 11.8. The first-order valence-corrected chi connectivity index (χ1v) is 6.65. The van der Waals surface area contributed by atoms with Gasteiger partial charge in [-0.3, -0.25) is 4.74 Å². The number of halogens is 4. The summed E-state index contributed by atoms with van der Waals surface area (Å²) in [6, 6.07) is 5.07. The van der Waals surface area contributed by atoms with E-state index in [1.165, 1.54) is 0 Å². The Kier molecular flexibility index (Phi) is 6.95. The van der Waals surface area contributed by atoms with Gasteiger partial charge in [0.15, 0.2) is 0 Å². The zero-order valence-electron chi connectivity index (χ0n) is 11.0. The van der Waals surface area contributed by atoms with E-state index in [1.54, 1.807) is 18.2 Å². The third-order valence-corrected chi connectivity index (χ3v) is 2.55. The molecule has 0 N–H and O–H groups in total. The van der Waals surface area contributed by atoms with Gasteiger partial charge in [0.2, 0.25) is 0 Å². The first-order chi connectivity index (χ1) is 9.46. The van der Waals surface area contributed by atoms with Gasteiger partial charge in [0.05, 0.1) is 19.1 Å². The second-order valence-corrected chi connectivity index (χ2v) is 4.16. The lowest BCUT2D eigenvalue weighted by molar-refractivity contribution is -0.325. The summed E-state index contributed by atoms with van der Waals surface area (Å²) in [5, 5.41) is 0. The molecule has 7 heteroatoms. The summed E-state index contributed by atoms with van der Waals surface area (Å²) in [5.74, 6) is 1.19. The molecule has 114 valence electrons. The molecule has 0 spiro atoms. The van der Waals surface area contributed by atoms with Crippen LogP contribution in [0.25, 0.3) is 0 Å². The van der Waals surface area contributed by atoms with Crippen LogP contribution in [-0.2, 0) is 10.6 Å². The Morgan fingerprint density at radius 3 is 2.45 bits per heavy atom. The maximum absolute atomic E-state index is 11.8. The molecule has 0 bridgehead atoms. The molecule has 0 radical (unpaired) electrons. The maximum Gasteiger partial charge on any atom is 0.522 e. The summed E-state index contributed by atoms with van der Waals surface area (Å²) in [4.78, 5) is 0. The number of rotatable bonds is 8. The highest BCUT2D eigenvalue weighted by atomic mass is 35.5. The van der Waals surface area contributed by atoms with Crippen molar-refractivity contribution in [3.8, 4) is 11.5 Å². The molecule has 0 saturated carbocycles. The summed E-state index contributed by atoms with van der Waals surface area (Å²) in [6.07, 6.45) is -3.79. The van der Waals surface area contributed by atoms with Crippen molar-refractivity contribution in [2.75, 3.05) is 19.8 Å². The standard InChI is InChI=1S/C13H16ClF3O3/c1-2-5-18-11-4-3-10(9-14)12(8-11)19-6-7-20-13(15,16)17/h3-4,8H,2,5-7,9H2,1H3. The average Bonchev–Trinajstić information content (AvgIpc) is 2.40. The third-order valence-electron chi connectivity index (χ3n) is 2.26. The molecule has 20 heavy (non-hydrogen) atoms. The van der Waals surface area contributed by atoms with Gasteiger partial charge in [0.1, 0.15) is 18.1 Å². The molecule has 0 aliphatic carbocycles. The van der Waals surface area contributed by atoms with Crippen molar-refractivity contribution in [3.63, 3.8) is 0 Å². The summed E-state index contributed by atoms with van der Waals surface area (Å²) in [6.45, 7) is 1.72. The Bertz CT molecular complexity index is 410. The largest absolute Gasteiger partial charge is 0.522 e. The number of alkyl halides is 4. The lowest BCUT2D eigenvalue weighted by Gasteiger charge is -2.13. The van der Waals surface area contributed by atoms with Crippen LogP contribution >= 0.6 is 11.6 Å². The van der Waals surface area contributed by atoms with Gasteiger partial charge in [-0.1, -0.05) is 13.0 Å². The minimum atomic E-state index is -4.65. The molecule has 0 aromatic heterocycles. The Labute approximate surface area is 120 Å². The summed E-state index contributed by atoms with van der Waals surface area (Å²) < 4.78 is 49.7. The van der Waals surface area contributed by atoms with Crippen molar-refractivity contribution >= 4 is 11.6 Å². The Balaban J connectivity index is 2.57. The number of hydrogen-bond donors (Lipinski definition) is 0. The van der Waals surface area contributed by atoms with Gasteiger partial charge >= 0.3 is 6.36 Å². The quantitative estimate of drug-likeness (QED) is 0.533. The van der Waals surface area contributed by atoms with Crippen molar-refractivity contribution in [2.24, 2.45) is 0 Å². The molecule has 0 aliphatic heterocycles. The van der Waals surface area contributed by atoms with Gasteiger partial charge in [-0.25, -0.2) is 0 Å². The molecule has 0 fully saturated rings. The highest BCUT2D eigenvalue weighted by Crippen LogP contribution is 2.26. The highest BCUT2D eigenvalue weighted by Gasteiger charge is 2.28. The van der Waals surface area contributed by atoms with Gasteiger partial charge in [0, 0.05) is 11.6 Å². The van der Waals surface area contributed by atoms with E-state index in [1.807, 2.05) is 6.92 Å². The van der Waals surface area contributed by atoms with Gasteiger partial charge in [0.25, 0.3) is 0 Å². The van der Waals surface area contributed by atoms with Crippen LogP contribution in [0.2, 0.25) is 0 Å². The normalized spacial score (nSPS) is 11.4. The van der Waals surface area contributed by atoms with E-state index in [9.17, 15) is 13.2 Å². The fraction of sp³-hybridized carbons (Fsp3) is 0.538. The molecule has 0 unspecified atom stereocenters. The maximum atomic E-state index is 11.8. The summed E-state index contributed by atoms with van der Waals surface area (Å²) in [5.41, 5.74) is 0.683. The minimum absolute atomic E-state index is 0.198. The van der Waals surface area contributed by atoms with Crippen molar-refractivity contribution in [1.82, 2.24) is 0 Å². The van der Waals surface area contributed by atoms with E-state index in [-0.39, 0.29) is 12.5 Å². The Morgan fingerprint density at radius 1 is 1.10 bits per heavy atom. The van der Waals surface area contributed by atoms with Gasteiger partial charge in [-0.05, 0) is 12.5 Å². The van der Waals surface area contributed by atoms with E-state index in [0.29, 0.717) is 23.7 Å². The molecule has 0 amide bonds. The topological polar surface area (TPSA) is 27.7 Å². The molecule has 3 nitrogen and oxygen atoms in total. The molecule has 0 heterocycles. The lowest BCUT2D eigenvalue weighted by Crippen LogP contribution is -2.18. The van der Waals surface area contributed by atoms with Crippen LogP contribution in [0.15, 0.2) is 18.2 Å². The number of benzene rings is 1. The van der Waals surface area contributed by atoms with Crippen molar-refractivity contribution in [1.29, 1.82) is 0 Å². The Morgan fingerprint density at radius 2 is 1.85 bits per heavy atom. The smallest absolute Gasteiger partial charge is 0.493 e. The molecular formula is C13H16ClF3O3. The zero-order chi connectivity index (χ0) is 15.0. The molecular weight excluding hydrogens is 297 g/mol. The van der Waals surface area contributed by atoms with Crippen LogP contribution in [0.3, 0.4) is 0 Å². The minimum Gasteiger partial charge on any atom is -0.493 e. The first-order valence-electron chi connectivity index (χ1n) is 6.11. The fourth-order valence-electron chi connectivity index (χ4n) is 1.40. The van der Waals surface area contributed by atoms with Crippen LogP contribution in [0, 0.1) is 0 Å². The first kappa shape index (κ1) is 16.9. The van der Waals surface area contributed by atoms with E-state index in [0.717, 1.165) is 6.42 Å². The van der Waals surface area contributed by atoms with Crippen LogP contribution in [0.1, 0.15) is 18.9 Å². The van der Waals surface area contributed by atoms with Crippen molar-refractivity contribution in [3.05, 3.63) is 23.8 Å². The van der Waals surface area contributed by atoms with Crippen molar-refractivity contribution < 1.29 is 27.4 Å². The second kappa shape index (κ2) is 8.21. The third kappa shape index (κ3) is 6.34. The van der Waals surface area contributed by atoms with Crippen LogP contribution < -0.4 is 9.47 Å². The fourth-order valence-corrected chi connectivity index (χ4v) is 1.62. The highest BCUT2D eigenvalue weighted by molar-refractivity contribution is 6.17. The van der Waals surface area contributed by atoms with Crippen LogP contribution in [-0.4, -0.2) is 26.2 Å². The SMILES string of the molecule is CCCOc1ccc(CCl)c(OCCOC(F)(F)F)c1. The van der Waals surface area contributed by atoms with E-state index < -0.39 is 13.0 Å². The molecule has 1 aromatic rings.